The molecule has 6 nitrogen and oxygen atoms in total. The summed E-state index contributed by atoms with van der Waals surface area (Å²) >= 11 is 0. The summed E-state index contributed by atoms with van der Waals surface area (Å²) in [4.78, 5) is 25.8. The van der Waals surface area contributed by atoms with E-state index in [1.54, 1.807) is 25.9 Å². The normalized spacial score (nSPS) is 28.4. The number of ether oxygens (including phenoxy) is 1. The van der Waals surface area contributed by atoms with Crippen LogP contribution in [0.4, 0.5) is 0 Å². The Labute approximate surface area is 127 Å². The van der Waals surface area contributed by atoms with Crippen molar-refractivity contribution in [3.05, 3.63) is 0 Å². The molecule has 1 fully saturated rings. The van der Waals surface area contributed by atoms with Crippen LogP contribution in [0, 0.1) is 11.3 Å². The van der Waals surface area contributed by atoms with Crippen LogP contribution in [0.1, 0.15) is 34.1 Å². The Morgan fingerprint density at radius 1 is 1.48 bits per heavy atom. The van der Waals surface area contributed by atoms with Crippen molar-refractivity contribution in [2.24, 2.45) is 17.1 Å². The van der Waals surface area contributed by atoms with E-state index >= 15 is 0 Å². The van der Waals surface area contributed by atoms with Gasteiger partial charge >= 0.3 is 0 Å². The number of carbonyl (C=O) groups is 2. The van der Waals surface area contributed by atoms with E-state index in [-0.39, 0.29) is 23.8 Å². The van der Waals surface area contributed by atoms with Gasteiger partial charge in [-0.05, 0) is 6.92 Å². The minimum absolute atomic E-state index is 0.00112. The molecule has 122 valence electrons. The Balaban J connectivity index is 2.73. The smallest absolute Gasteiger partial charge is 0.243 e. The standard InChI is InChI=1S/C15H29N3O3/c1-7-21-11-8-15(16,14(11,3)4)13(20)18(6)9-10(2)12(19)17-5/h10-11H,7-9,16H2,1-6H3,(H,17,19). The lowest BCUT2D eigenvalue weighted by Gasteiger charge is -2.58. The topological polar surface area (TPSA) is 84.7 Å². The van der Waals surface area contributed by atoms with E-state index < -0.39 is 11.0 Å². The van der Waals surface area contributed by atoms with Gasteiger partial charge in [0.25, 0.3) is 0 Å². The molecule has 2 amide bonds. The van der Waals surface area contributed by atoms with Crippen LogP contribution < -0.4 is 11.1 Å². The summed E-state index contributed by atoms with van der Waals surface area (Å²) in [7, 11) is 3.28. The third-order valence-electron chi connectivity index (χ3n) is 4.80. The van der Waals surface area contributed by atoms with Crippen molar-refractivity contribution in [3.8, 4) is 0 Å². The molecule has 3 atom stereocenters. The largest absolute Gasteiger partial charge is 0.378 e. The van der Waals surface area contributed by atoms with E-state index in [9.17, 15) is 9.59 Å². The van der Waals surface area contributed by atoms with Gasteiger partial charge in [-0.3, -0.25) is 9.59 Å². The zero-order valence-electron chi connectivity index (χ0n) is 14.0. The second-order valence-electron chi connectivity index (χ2n) is 6.54. The number of nitrogens with two attached hydrogens (primary N) is 1. The molecule has 0 saturated heterocycles. The second-order valence-corrected chi connectivity index (χ2v) is 6.54. The molecule has 3 unspecified atom stereocenters. The molecule has 0 aromatic heterocycles. The highest BCUT2D eigenvalue weighted by Crippen LogP contribution is 2.50. The van der Waals surface area contributed by atoms with Crippen LogP contribution in [-0.2, 0) is 14.3 Å². The average molecular weight is 299 g/mol. The zero-order valence-corrected chi connectivity index (χ0v) is 14.0. The van der Waals surface area contributed by atoms with E-state index in [2.05, 4.69) is 5.32 Å². The molecule has 21 heavy (non-hydrogen) atoms. The highest BCUT2D eigenvalue weighted by Gasteiger charge is 2.63. The summed E-state index contributed by atoms with van der Waals surface area (Å²) in [5.41, 5.74) is 5.02. The van der Waals surface area contributed by atoms with Gasteiger partial charge in [0, 0.05) is 39.1 Å². The number of nitrogens with zero attached hydrogens (tertiary/aromatic N) is 1. The number of amides is 2. The summed E-state index contributed by atoms with van der Waals surface area (Å²) in [5.74, 6) is -0.474. The Morgan fingerprint density at radius 3 is 2.48 bits per heavy atom. The quantitative estimate of drug-likeness (QED) is 0.741. The highest BCUT2D eigenvalue weighted by atomic mass is 16.5. The zero-order chi connectivity index (χ0) is 16.4. The van der Waals surface area contributed by atoms with Crippen LogP contribution in [0.15, 0.2) is 0 Å². The second kappa shape index (κ2) is 6.32. The highest BCUT2D eigenvalue weighted by molar-refractivity contribution is 5.89. The molecule has 0 aromatic rings. The van der Waals surface area contributed by atoms with E-state index in [4.69, 9.17) is 10.5 Å². The summed E-state index contributed by atoms with van der Waals surface area (Å²) in [6, 6.07) is 0. The predicted octanol–water partition coefficient (Wildman–Crippen LogP) is 0.359. The molecule has 0 bridgehead atoms. The fraction of sp³-hybridized carbons (Fsp3) is 0.867. The van der Waals surface area contributed by atoms with Gasteiger partial charge in [0.15, 0.2) is 0 Å². The van der Waals surface area contributed by atoms with Crippen molar-refractivity contribution in [1.29, 1.82) is 0 Å². The summed E-state index contributed by atoms with van der Waals surface area (Å²) in [5, 5.41) is 2.59. The fourth-order valence-electron chi connectivity index (χ4n) is 2.96. The first-order chi connectivity index (χ1) is 9.61. The van der Waals surface area contributed by atoms with Gasteiger partial charge in [0.1, 0.15) is 5.54 Å². The molecule has 0 spiro atoms. The summed E-state index contributed by atoms with van der Waals surface area (Å²) < 4.78 is 5.64. The molecule has 1 rings (SSSR count). The van der Waals surface area contributed by atoms with Crippen LogP contribution in [0.25, 0.3) is 0 Å². The summed E-state index contributed by atoms with van der Waals surface area (Å²) in [6.45, 7) is 8.62. The number of hydrogen-bond donors (Lipinski definition) is 2. The van der Waals surface area contributed by atoms with Gasteiger partial charge in [-0.25, -0.2) is 0 Å². The van der Waals surface area contributed by atoms with Crippen molar-refractivity contribution in [3.63, 3.8) is 0 Å². The molecule has 6 heteroatoms. The van der Waals surface area contributed by atoms with Crippen LogP contribution in [0.5, 0.6) is 0 Å². The molecule has 0 aromatic carbocycles. The van der Waals surface area contributed by atoms with Crippen molar-refractivity contribution in [1.82, 2.24) is 10.2 Å². The van der Waals surface area contributed by atoms with Crippen LogP contribution in [0.2, 0.25) is 0 Å². The Morgan fingerprint density at radius 2 is 2.05 bits per heavy atom. The Hall–Kier alpha value is -1.14. The minimum Gasteiger partial charge on any atom is -0.378 e. The van der Waals surface area contributed by atoms with Gasteiger partial charge in [0.2, 0.25) is 11.8 Å². The number of hydrogen-bond acceptors (Lipinski definition) is 4. The number of nitrogens with one attached hydrogen (secondary N) is 1. The predicted molar refractivity (Wildman–Crippen MR) is 81.6 cm³/mol. The molecule has 0 aliphatic heterocycles. The van der Waals surface area contributed by atoms with Crippen LogP contribution >= 0.6 is 0 Å². The molecular formula is C15H29N3O3. The maximum Gasteiger partial charge on any atom is 0.243 e. The fourth-order valence-corrected chi connectivity index (χ4v) is 2.96. The maximum atomic E-state index is 12.7. The van der Waals surface area contributed by atoms with Crippen molar-refractivity contribution < 1.29 is 14.3 Å². The van der Waals surface area contributed by atoms with E-state index in [0.29, 0.717) is 19.6 Å². The lowest BCUT2D eigenvalue weighted by molar-refractivity contribution is -0.178. The number of carbonyl (C=O) groups excluding carboxylic acids is 2. The van der Waals surface area contributed by atoms with Crippen LogP contribution in [-0.4, -0.2) is 55.6 Å². The third-order valence-corrected chi connectivity index (χ3v) is 4.80. The molecule has 1 saturated carbocycles. The van der Waals surface area contributed by atoms with E-state index in [0.717, 1.165) is 0 Å². The third kappa shape index (κ3) is 3.06. The summed E-state index contributed by atoms with van der Waals surface area (Å²) in [6.07, 6.45) is 0.520. The van der Waals surface area contributed by atoms with Crippen LogP contribution in [0.3, 0.4) is 0 Å². The first-order valence-electron chi connectivity index (χ1n) is 7.49. The van der Waals surface area contributed by atoms with E-state index in [1.807, 2.05) is 20.8 Å². The lowest BCUT2D eigenvalue weighted by Crippen LogP contribution is -2.76. The van der Waals surface area contributed by atoms with Gasteiger partial charge in [-0.1, -0.05) is 20.8 Å². The van der Waals surface area contributed by atoms with Gasteiger partial charge in [-0.15, -0.1) is 0 Å². The van der Waals surface area contributed by atoms with E-state index in [1.165, 1.54) is 0 Å². The Kier molecular flexibility index (Phi) is 5.39. The molecule has 1 aliphatic carbocycles. The SMILES string of the molecule is CCOC1CC(N)(C(=O)N(C)CC(C)C(=O)NC)C1(C)C. The maximum absolute atomic E-state index is 12.7. The number of rotatable bonds is 6. The van der Waals surface area contributed by atoms with Gasteiger partial charge < -0.3 is 20.7 Å². The monoisotopic (exact) mass is 299 g/mol. The molecule has 3 N–H and O–H groups in total. The average Bonchev–Trinajstić information content (AvgIpc) is 2.44. The van der Waals surface area contributed by atoms with Crippen molar-refractivity contribution in [2.75, 3.05) is 27.2 Å². The van der Waals surface area contributed by atoms with Crippen molar-refractivity contribution >= 4 is 11.8 Å². The Bertz CT molecular complexity index is 411. The minimum atomic E-state index is -0.927. The van der Waals surface area contributed by atoms with Gasteiger partial charge in [0.05, 0.1) is 12.0 Å². The first kappa shape index (κ1) is 17.9. The lowest BCUT2D eigenvalue weighted by atomic mass is 9.54. The van der Waals surface area contributed by atoms with Gasteiger partial charge in [-0.2, -0.15) is 0 Å². The van der Waals surface area contributed by atoms with Crippen molar-refractivity contribution in [2.45, 2.75) is 45.8 Å². The molecule has 1 aliphatic rings. The molecular weight excluding hydrogens is 270 g/mol. The molecule has 0 heterocycles. The first-order valence-corrected chi connectivity index (χ1v) is 7.49. The number of likely N-dealkylation sites (N-methyl/N-ethyl adjacent to an activating group) is 1. The molecule has 0 radical (unpaired) electrons.